The molecule has 0 radical (unpaired) electrons. The van der Waals surface area contributed by atoms with Crippen LogP contribution in [-0.4, -0.2) is 33.5 Å². The molecular formula is C16H24BrNO3. The summed E-state index contributed by atoms with van der Waals surface area (Å²) in [5, 5.41) is 3.51. The Balaban J connectivity index is 1.92. The van der Waals surface area contributed by atoms with Crippen molar-refractivity contribution in [3.05, 3.63) is 22.2 Å². The maximum Gasteiger partial charge on any atom is 0.174 e. The van der Waals surface area contributed by atoms with Crippen molar-refractivity contribution in [1.29, 1.82) is 0 Å². The van der Waals surface area contributed by atoms with E-state index < -0.39 is 0 Å². The van der Waals surface area contributed by atoms with Crippen molar-refractivity contribution >= 4 is 15.9 Å². The van der Waals surface area contributed by atoms with Crippen molar-refractivity contribution in [2.75, 3.05) is 33.5 Å². The van der Waals surface area contributed by atoms with Crippen molar-refractivity contribution in [3.8, 4) is 11.5 Å². The minimum Gasteiger partial charge on any atom is -0.492 e. The van der Waals surface area contributed by atoms with E-state index >= 15 is 0 Å². The Morgan fingerprint density at radius 2 is 2.29 bits per heavy atom. The maximum atomic E-state index is 5.64. The van der Waals surface area contributed by atoms with E-state index in [1.54, 1.807) is 7.11 Å². The summed E-state index contributed by atoms with van der Waals surface area (Å²) in [6, 6.07) is 4.11. The first-order chi connectivity index (χ1) is 10.2. The molecule has 1 saturated heterocycles. The second-order valence-electron chi connectivity index (χ2n) is 5.26. The fraction of sp³-hybridized carbons (Fsp3) is 0.625. The van der Waals surface area contributed by atoms with E-state index in [9.17, 15) is 0 Å². The first kappa shape index (κ1) is 16.6. The van der Waals surface area contributed by atoms with Gasteiger partial charge >= 0.3 is 0 Å². The molecule has 1 aliphatic heterocycles. The van der Waals surface area contributed by atoms with E-state index in [0.717, 1.165) is 42.3 Å². The smallest absolute Gasteiger partial charge is 0.174 e. The molecule has 1 N–H and O–H groups in total. The molecule has 1 aromatic carbocycles. The van der Waals surface area contributed by atoms with Crippen LogP contribution < -0.4 is 14.8 Å². The van der Waals surface area contributed by atoms with Gasteiger partial charge in [-0.2, -0.15) is 0 Å². The Morgan fingerprint density at radius 1 is 1.43 bits per heavy atom. The van der Waals surface area contributed by atoms with E-state index in [0.29, 0.717) is 12.5 Å². The highest BCUT2D eigenvalue weighted by atomic mass is 79.9. The highest BCUT2D eigenvalue weighted by molar-refractivity contribution is 9.10. The van der Waals surface area contributed by atoms with E-state index in [2.05, 4.69) is 27.3 Å². The highest BCUT2D eigenvalue weighted by Crippen LogP contribution is 2.36. The number of hydrogen-bond donors (Lipinski definition) is 1. The van der Waals surface area contributed by atoms with E-state index in [-0.39, 0.29) is 0 Å². The summed E-state index contributed by atoms with van der Waals surface area (Å²) in [6.45, 7) is 6.20. The lowest BCUT2D eigenvalue weighted by Gasteiger charge is -2.22. The van der Waals surface area contributed by atoms with Gasteiger partial charge in [0.15, 0.2) is 11.5 Å². The summed E-state index contributed by atoms with van der Waals surface area (Å²) in [4.78, 5) is 0. The SMILES string of the molecule is CCOc1cc(CNCC2CCCOC2)cc(Br)c1OC. The van der Waals surface area contributed by atoms with E-state index in [4.69, 9.17) is 14.2 Å². The van der Waals surface area contributed by atoms with Gasteiger partial charge in [0.2, 0.25) is 0 Å². The molecule has 1 fully saturated rings. The van der Waals surface area contributed by atoms with Crippen molar-refractivity contribution in [3.63, 3.8) is 0 Å². The predicted octanol–water partition coefficient (Wildman–Crippen LogP) is 3.37. The largest absolute Gasteiger partial charge is 0.492 e. The first-order valence-corrected chi connectivity index (χ1v) is 8.31. The normalized spacial score (nSPS) is 18.5. The fourth-order valence-electron chi connectivity index (χ4n) is 2.57. The fourth-order valence-corrected chi connectivity index (χ4v) is 3.22. The van der Waals surface area contributed by atoms with Crippen LogP contribution in [0.2, 0.25) is 0 Å². The Hall–Kier alpha value is -0.780. The molecule has 1 atom stereocenters. The summed E-state index contributed by atoms with van der Waals surface area (Å²) in [5.74, 6) is 2.17. The first-order valence-electron chi connectivity index (χ1n) is 7.52. The van der Waals surface area contributed by atoms with Gasteiger partial charge in [0.1, 0.15) is 0 Å². The van der Waals surface area contributed by atoms with Crippen molar-refractivity contribution in [2.24, 2.45) is 5.92 Å². The molecule has 0 spiro atoms. The monoisotopic (exact) mass is 357 g/mol. The van der Waals surface area contributed by atoms with Gasteiger partial charge < -0.3 is 19.5 Å². The van der Waals surface area contributed by atoms with Crippen LogP contribution in [0.25, 0.3) is 0 Å². The number of hydrogen-bond acceptors (Lipinski definition) is 4. The molecule has 2 rings (SSSR count). The molecule has 0 amide bonds. The lowest BCUT2D eigenvalue weighted by atomic mass is 10.0. The van der Waals surface area contributed by atoms with E-state index in [1.807, 2.05) is 13.0 Å². The second kappa shape index (κ2) is 8.61. The zero-order valence-corrected chi connectivity index (χ0v) is 14.4. The number of rotatable bonds is 7. The van der Waals surface area contributed by atoms with Crippen molar-refractivity contribution in [2.45, 2.75) is 26.3 Å². The summed E-state index contributed by atoms with van der Waals surface area (Å²) in [5.41, 5.74) is 1.18. The van der Waals surface area contributed by atoms with Crippen LogP contribution in [-0.2, 0) is 11.3 Å². The van der Waals surface area contributed by atoms with Crippen LogP contribution in [0.1, 0.15) is 25.3 Å². The summed E-state index contributed by atoms with van der Waals surface area (Å²) < 4.78 is 17.4. The molecule has 0 aromatic heterocycles. The average molecular weight is 358 g/mol. The van der Waals surface area contributed by atoms with Crippen molar-refractivity contribution in [1.82, 2.24) is 5.32 Å². The molecule has 4 nitrogen and oxygen atoms in total. The Labute approximate surface area is 135 Å². The third-order valence-corrected chi connectivity index (χ3v) is 4.18. The second-order valence-corrected chi connectivity index (χ2v) is 6.11. The predicted molar refractivity (Wildman–Crippen MR) is 87.1 cm³/mol. The molecular weight excluding hydrogens is 334 g/mol. The molecule has 1 aromatic rings. The molecule has 1 aliphatic rings. The molecule has 1 unspecified atom stereocenters. The van der Waals surface area contributed by atoms with Gasteiger partial charge in [-0.15, -0.1) is 0 Å². The summed E-state index contributed by atoms with van der Waals surface area (Å²) in [7, 11) is 1.66. The Kier molecular flexibility index (Phi) is 6.80. The van der Waals surface area contributed by atoms with Gasteiger partial charge in [-0.05, 0) is 59.3 Å². The van der Waals surface area contributed by atoms with Gasteiger partial charge in [-0.3, -0.25) is 0 Å². The number of benzene rings is 1. The number of methoxy groups -OCH3 is 1. The Bertz CT molecular complexity index is 447. The number of ether oxygens (including phenoxy) is 3. The van der Waals surface area contributed by atoms with Gasteiger partial charge in [0.25, 0.3) is 0 Å². The van der Waals surface area contributed by atoms with Crippen LogP contribution in [0.5, 0.6) is 11.5 Å². The molecule has 118 valence electrons. The number of nitrogens with one attached hydrogen (secondary N) is 1. The molecule has 0 aliphatic carbocycles. The quantitative estimate of drug-likeness (QED) is 0.811. The zero-order valence-electron chi connectivity index (χ0n) is 12.8. The lowest BCUT2D eigenvalue weighted by Crippen LogP contribution is -2.28. The van der Waals surface area contributed by atoms with Crippen LogP contribution in [0.15, 0.2) is 16.6 Å². The Morgan fingerprint density at radius 3 is 2.95 bits per heavy atom. The third-order valence-electron chi connectivity index (χ3n) is 3.59. The zero-order chi connectivity index (χ0) is 15.1. The van der Waals surface area contributed by atoms with E-state index in [1.165, 1.54) is 18.4 Å². The van der Waals surface area contributed by atoms with Gasteiger partial charge in [-0.25, -0.2) is 0 Å². The molecule has 0 saturated carbocycles. The van der Waals surface area contributed by atoms with Gasteiger partial charge in [0, 0.05) is 19.7 Å². The molecule has 5 heteroatoms. The standard InChI is InChI=1S/C16H24BrNO3/c1-3-21-15-8-13(7-14(17)16(15)19-2)10-18-9-12-5-4-6-20-11-12/h7-8,12,18H,3-6,9-11H2,1-2H3. The minimum atomic E-state index is 0.624. The molecule has 1 heterocycles. The van der Waals surface area contributed by atoms with Crippen LogP contribution in [0, 0.1) is 5.92 Å². The average Bonchev–Trinajstić information content (AvgIpc) is 2.48. The van der Waals surface area contributed by atoms with Crippen LogP contribution in [0.4, 0.5) is 0 Å². The highest BCUT2D eigenvalue weighted by Gasteiger charge is 2.14. The summed E-state index contributed by atoms with van der Waals surface area (Å²) >= 11 is 3.54. The molecule has 0 bridgehead atoms. The van der Waals surface area contributed by atoms with Crippen LogP contribution >= 0.6 is 15.9 Å². The topological polar surface area (TPSA) is 39.7 Å². The van der Waals surface area contributed by atoms with Crippen molar-refractivity contribution < 1.29 is 14.2 Å². The minimum absolute atomic E-state index is 0.624. The van der Waals surface area contributed by atoms with Gasteiger partial charge in [-0.1, -0.05) is 0 Å². The van der Waals surface area contributed by atoms with Gasteiger partial charge in [0.05, 0.1) is 24.8 Å². The maximum absolute atomic E-state index is 5.64. The lowest BCUT2D eigenvalue weighted by molar-refractivity contribution is 0.0547. The molecule has 21 heavy (non-hydrogen) atoms. The third kappa shape index (κ3) is 4.87. The number of halogens is 1. The van der Waals surface area contributed by atoms with Crippen LogP contribution in [0.3, 0.4) is 0 Å². The summed E-state index contributed by atoms with van der Waals surface area (Å²) in [6.07, 6.45) is 2.43.